The summed E-state index contributed by atoms with van der Waals surface area (Å²) in [5.74, 6) is -1.62. The van der Waals surface area contributed by atoms with Gasteiger partial charge in [-0.1, -0.05) is 0 Å². The lowest BCUT2D eigenvalue weighted by atomic mass is 10.1. The van der Waals surface area contributed by atoms with Crippen molar-refractivity contribution in [2.75, 3.05) is 18.5 Å². The number of carbonyl (C=O) groups excluding carboxylic acids is 1. The van der Waals surface area contributed by atoms with E-state index in [2.05, 4.69) is 15.7 Å². The standard InChI is InChI=1S/C24H24F4N4O2/c1-32-21(8-11-30-32)18-14-17(5-7-22(18)34-12-9-16-3-2-10-29-16)31-23(33)15-4-6-20(25)19(13-15)24(26,27)28/h4-8,11,13-14,16,29H,2-3,9-10,12H2,1H3,(H,31,33). The molecule has 34 heavy (non-hydrogen) atoms. The van der Waals surface area contributed by atoms with Crippen LogP contribution in [-0.2, 0) is 13.2 Å². The number of benzene rings is 2. The van der Waals surface area contributed by atoms with Gasteiger partial charge in [0.15, 0.2) is 0 Å². The molecule has 1 aliphatic heterocycles. The molecule has 0 spiro atoms. The summed E-state index contributed by atoms with van der Waals surface area (Å²) in [4.78, 5) is 12.6. The summed E-state index contributed by atoms with van der Waals surface area (Å²) in [6.45, 7) is 1.52. The van der Waals surface area contributed by atoms with Crippen molar-refractivity contribution in [3.05, 3.63) is 65.6 Å². The van der Waals surface area contributed by atoms with Crippen LogP contribution >= 0.6 is 0 Å². The summed E-state index contributed by atoms with van der Waals surface area (Å²) < 4.78 is 60.3. The lowest BCUT2D eigenvalue weighted by Gasteiger charge is -2.16. The third-order valence-electron chi connectivity index (χ3n) is 5.75. The first-order chi connectivity index (χ1) is 16.2. The Labute approximate surface area is 193 Å². The van der Waals surface area contributed by atoms with Gasteiger partial charge in [0.2, 0.25) is 0 Å². The van der Waals surface area contributed by atoms with Crippen LogP contribution in [-0.4, -0.2) is 34.9 Å². The number of rotatable bonds is 7. The fourth-order valence-corrected chi connectivity index (χ4v) is 3.97. The Morgan fingerprint density at radius 1 is 1.24 bits per heavy atom. The molecule has 1 amide bonds. The van der Waals surface area contributed by atoms with Gasteiger partial charge in [0.25, 0.3) is 5.91 Å². The highest BCUT2D eigenvalue weighted by Crippen LogP contribution is 2.34. The van der Waals surface area contributed by atoms with Crippen molar-refractivity contribution in [2.45, 2.75) is 31.5 Å². The fraction of sp³-hybridized carbons (Fsp3) is 0.333. The van der Waals surface area contributed by atoms with E-state index in [1.807, 2.05) is 0 Å². The Kier molecular flexibility index (Phi) is 6.87. The maximum atomic E-state index is 13.6. The molecular weight excluding hydrogens is 452 g/mol. The molecule has 1 saturated heterocycles. The van der Waals surface area contributed by atoms with E-state index in [4.69, 9.17) is 4.74 Å². The quantitative estimate of drug-likeness (QED) is 0.470. The Morgan fingerprint density at radius 3 is 2.74 bits per heavy atom. The van der Waals surface area contributed by atoms with Gasteiger partial charge >= 0.3 is 6.18 Å². The molecule has 1 aromatic heterocycles. The predicted octanol–water partition coefficient (Wildman–Crippen LogP) is 5.02. The lowest BCUT2D eigenvalue weighted by Crippen LogP contribution is -2.23. The SMILES string of the molecule is Cn1nccc1-c1cc(NC(=O)c2ccc(F)c(C(F)(F)F)c2)ccc1OCCC1CCCN1. The van der Waals surface area contributed by atoms with Gasteiger partial charge in [-0.3, -0.25) is 9.48 Å². The third kappa shape index (κ3) is 5.39. The number of amides is 1. The molecule has 2 aromatic carbocycles. The van der Waals surface area contributed by atoms with Crippen LogP contribution in [0.5, 0.6) is 5.75 Å². The van der Waals surface area contributed by atoms with Crippen LogP contribution < -0.4 is 15.4 Å². The predicted molar refractivity (Wildman–Crippen MR) is 119 cm³/mol. The maximum absolute atomic E-state index is 13.6. The summed E-state index contributed by atoms with van der Waals surface area (Å²) in [5.41, 5.74) is -0.0289. The van der Waals surface area contributed by atoms with Crippen LogP contribution in [0.25, 0.3) is 11.3 Å². The average Bonchev–Trinajstić information content (AvgIpc) is 3.46. The van der Waals surface area contributed by atoms with E-state index in [0.29, 0.717) is 41.8 Å². The summed E-state index contributed by atoms with van der Waals surface area (Å²) in [5, 5.41) is 10.2. The zero-order valence-corrected chi connectivity index (χ0v) is 18.5. The molecule has 2 heterocycles. The molecule has 2 N–H and O–H groups in total. The van der Waals surface area contributed by atoms with Crippen LogP contribution in [0.4, 0.5) is 23.2 Å². The van der Waals surface area contributed by atoms with Gasteiger partial charge in [0.1, 0.15) is 11.6 Å². The van der Waals surface area contributed by atoms with E-state index in [9.17, 15) is 22.4 Å². The minimum atomic E-state index is -4.90. The molecule has 1 unspecified atom stereocenters. The highest BCUT2D eigenvalue weighted by Gasteiger charge is 2.34. The minimum Gasteiger partial charge on any atom is -0.493 e. The number of hydrogen-bond donors (Lipinski definition) is 2. The summed E-state index contributed by atoms with van der Waals surface area (Å²) in [7, 11) is 1.77. The normalized spacial score (nSPS) is 16.0. The number of ether oxygens (including phenoxy) is 1. The molecular formula is C24H24F4N4O2. The number of nitrogens with zero attached hydrogens (tertiary/aromatic N) is 2. The highest BCUT2D eigenvalue weighted by atomic mass is 19.4. The zero-order valence-electron chi connectivity index (χ0n) is 18.5. The number of alkyl halides is 3. The largest absolute Gasteiger partial charge is 0.493 e. The molecule has 10 heteroatoms. The molecule has 0 saturated carbocycles. The van der Waals surface area contributed by atoms with Gasteiger partial charge < -0.3 is 15.4 Å². The van der Waals surface area contributed by atoms with Crippen LogP contribution in [0.15, 0.2) is 48.7 Å². The van der Waals surface area contributed by atoms with Crippen LogP contribution in [0.3, 0.4) is 0 Å². The van der Waals surface area contributed by atoms with Crippen LogP contribution in [0.2, 0.25) is 0 Å². The molecule has 1 fully saturated rings. The number of hydrogen-bond acceptors (Lipinski definition) is 4. The smallest absolute Gasteiger partial charge is 0.419 e. The van der Waals surface area contributed by atoms with Crippen molar-refractivity contribution in [1.29, 1.82) is 0 Å². The molecule has 1 aliphatic rings. The fourth-order valence-electron chi connectivity index (χ4n) is 3.97. The third-order valence-corrected chi connectivity index (χ3v) is 5.75. The first-order valence-corrected chi connectivity index (χ1v) is 10.9. The monoisotopic (exact) mass is 476 g/mol. The average molecular weight is 476 g/mol. The summed E-state index contributed by atoms with van der Waals surface area (Å²) in [6, 6.07) is 9.35. The van der Waals surface area contributed by atoms with Crippen molar-refractivity contribution in [3.8, 4) is 17.0 Å². The van der Waals surface area contributed by atoms with Crippen molar-refractivity contribution < 1.29 is 27.1 Å². The Hall–Kier alpha value is -3.40. The van der Waals surface area contributed by atoms with Crippen molar-refractivity contribution in [2.24, 2.45) is 7.05 Å². The molecule has 1 atom stereocenters. The number of nitrogens with one attached hydrogen (secondary N) is 2. The number of halogens is 4. The number of aryl methyl sites for hydroxylation is 1. The first kappa shape index (κ1) is 23.7. The maximum Gasteiger partial charge on any atom is 0.419 e. The molecule has 4 rings (SSSR count). The molecule has 3 aromatic rings. The van der Waals surface area contributed by atoms with Gasteiger partial charge in [0.05, 0.1) is 17.9 Å². The second-order valence-corrected chi connectivity index (χ2v) is 8.13. The molecule has 0 aliphatic carbocycles. The topological polar surface area (TPSA) is 68.2 Å². The second-order valence-electron chi connectivity index (χ2n) is 8.13. The Balaban J connectivity index is 1.55. The van der Waals surface area contributed by atoms with Gasteiger partial charge in [-0.15, -0.1) is 0 Å². The van der Waals surface area contributed by atoms with Crippen molar-refractivity contribution >= 4 is 11.6 Å². The molecule has 180 valence electrons. The Bertz CT molecular complexity index is 1170. The summed E-state index contributed by atoms with van der Waals surface area (Å²) >= 11 is 0. The van der Waals surface area contributed by atoms with E-state index < -0.39 is 23.5 Å². The van der Waals surface area contributed by atoms with Gasteiger partial charge in [-0.2, -0.15) is 18.3 Å². The van der Waals surface area contributed by atoms with Gasteiger partial charge in [0, 0.05) is 36.1 Å². The minimum absolute atomic E-state index is 0.305. The van der Waals surface area contributed by atoms with Gasteiger partial charge in [-0.05, 0) is 68.3 Å². The zero-order chi connectivity index (χ0) is 24.3. The molecule has 0 radical (unpaired) electrons. The number of aromatic nitrogens is 2. The van der Waals surface area contributed by atoms with Gasteiger partial charge in [-0.25, -0.2) is 4.39 Å². The van der Waals surface area contributed by atoms with E-state index in [0.717, 1.165) is 37.6 Å². The van der Waals surface area contributed by atoms with Crippen molar-refractivity contribution in [3.63, 3.8) is 0 Å². The number of anilines is 1. The second kappa shape index (κ2) is 9.84. The van der Waals surface area contributed by atoms with E-state index in [1.54, 1.807) is 42.2 Å². The molecule has 6 nitrogen and oxygen atoms in total. The summed E-state index contributed by atoms with van der Waals surface area (Å²) in [6.07, 6.45) is -0.153. The van der Waals surface area contributed by atoms with E-state index >= 15 is 0 Å². The highest BCUT2D eigenvalue weighted by molar-refractivity contribution is 6.04. The number of carbonyl (C=O) groups is 1. The lowest BCUT2D eigenvalue weighted by molar-refractivity contribution is -0.140. The van der Waals surface area contributed by atoms with E-state index in [-0.39, 0.29) is 5.56 Å². The molecule has 0 bridgehead atoms. The van der Waals surface area contributed by atoms with E-state index in [1.165, 1.54) is 0 Å². The van der Waals surface area contributed by atoms with Crippen molar-refractivity contribution in [1.82, 2.24) is 15.1 Å². The van der Waals surface area contributed by atoms with Crippen LogP contribution in [0, 0.1) is 5.82 Å². The van der Waals surface area contributed by atoms with Crippen LogP contribution in [0.1, 0.15) is 35.2 Å². The Morgan fingerprint density at radius 2 is 2.06 bits per heavy atom. The first-order valence-electron chi connectivity index (χ1n) is 10.9.